The number of hydrogen-bond acceptors (Lipinski definition) is 4. The van der Waals surface area contributed by atoms with Crippen LogP contribution >= 0.6 is 0 Å². The summed E-state index contributed by atoms with van der Waals surface area (Å²) in [4.78, 5) is 27.5. The second-order valence-electron chi connectivity index (χ2n) is 5.35. The highest BCUT2D eigenvalue weighted by atomic mass is 16.4. The number of nitrogens with zero attached hydrogens (tertiary/aromatic N) is 3. The van der Waals surface area contributed by atoms with Gasteiger partial charge < -0.3 is 10.4 Å². The van der Waals surface area contributed by atoms with E-state index in [9.17, 15) is 9.59 Å². The van der Waals surface area contributed by atoms with Crippen LogP contribution in [0.5, 0.6) is 0 Å². The van der Waals surface area contributed by atoms with Crippen LogP contribution in [0.1, 0.15) is 40.5 Å². The summed E-state index contributed by atoms with van der Waals surface area (Å²) in [6.45, 7) is 1.41. The van der Waals surface area contributed by atoms with E-state index in [-0.39, 0.29) is 0 Å². The van der Waals surface area contributed by atoms with Gasteiger partial charge in [0.15, 0.2) is 5.65 Å². The van der Waals surface area contributed by atoms with Gasteiger partial charge in [-0.3, -0.25) is 14.3 Å². The molecule has 0 bridgehead atoms. The number of pyridine rings is 1. The molecule has 1 aliphatic rings. The molecule has 2 aromatic heterocycles. The molecule has 1 fully saturated rings. The number of hydrogen-bond donors (Lipinski definition) is 2. The van der Waals surface area contributed by atoms with Crippen molar-refractivity contribution in [3.8, 4) is 0 Å². The number of aryl methyl sites for hydroxylation is 2. The van der Waals surface area contributed by atoms with E-state index in [0.29, 0.717) is 28.2 Å². The van der Waals surface area contributed by atoms with Crippen molar-refractivity contribution < 1.29 is 14.7 Å². The van der Waals surface area contributed by atoms with Crippen molar-refractivity contribution in [3.05, 3.63) is 23.0 Å². The van der Waals surface area contributed by atoms with Gasteiger partial charge in [0, 0.05) is 18.7 Å². The molecule has 0 spiro atoms. The van der Waals surface area contributed by atoms with Gasteiger partial charge in [-0.1, -0.05) is 0 Å². The topological polar surface area (TPSA) is 97.1 Å². The number of carbonyl (C=O) groups is 2. The van der Waals surface area contributed by atoms with Crippen molar-refractivity contribution in [1.29, 1.82) is 0 Å². The lowest BCUT2D eigenvalue weighted by Gasteiger charge is -2.07. The largest absolute Gasteiger partial charge is 0.480 e. The van der Waals surface area contributed by atoms with Gasteiger partial charge in [0.05, 0.1) is 16.6 Å². The Kier molecular flexibility index (Phi) is 3.12. The molecule has 0 atom stereocenters. The molecular formula is C14H16N4O3. The fourth-order valence-corrected chi connectivity index (χ4v) is 2.48. The molecule has 7 nitrogen and oxygen atoms in total. The second kappa shape index (κ2) is 4.83. The van der Waals surface area contributed by atoms with Crippen LogP contribution in [0.3, 0.4) is 0 Å². The Hall–Kier alpha value is -2.44. The molecule has 0 radical (unpaired) electrons. The second-order valence-corrected chi connectivity index (χ2v) is 5.35. The van der Waals surface area contributed by atoms with E-state index in [1.165, 1.54) is 0 Å². The zero-order valence-corrected chi connectivity index (χ0v) is 11.9. The molecular weight excluding hydrogens is 272 g/mol. The van der Waals surface area contributed by atoms with Gasteiger partial charge in [-0.05, 0) is 25.8 Å². The Balaban J connectivity index is 2.10. The van der Waals surface area contributed by atoms with Crippen LogP contribution in [0.15, 0.2) is 6.07 Å². The van der Waals surface area contributed by atoms with Crippen molar-refractivity contribution in [2.24, 2.45) is 7.05 Å². The van der Waals surface area contributed by atoms with Gasteiger partial charge >= 0.3 is 5.97 Å². The van der Waals surface area contributed by atoms with Gasteiger partial charge in [-0.25, -0.2) is 4.98 Å². The Morgan fingerprint density at radius 1 is 1.48 bits per heavy atom. The smallest absolute Gasteiger partial charge is 0.322 e. The highest BCUT2D eigenvalue weighted by molar-refractivity contribution is 6.07. The third-order valence-corrected chi connectivity index (χ3v) is 3.63. The van der Waals surface area contributed by atoms with Gasteiger partial charge in [0.1, 0.15) is 6.54 Å². The van der Waals surface area contributed by atoms with E-state index in [1.54, 1.807) is 17.8 Å². The van der Waals surface area contributed by atoms with Crippen molar-refractivity contribution in [3.63, 3.8) is 0 Å². The van der Waals surface area contributed by atoms with E-state index in [4.69, 9.17) is 5.11 Å². The van der Waals surface area contributed by atoms with Crippen LogP contribution < -0.4 is 5.32 Å². The Bertz CT molecular complexity index is 746. The first-order chi connectivity index (χ1) is 9.97. The zero-order chi connectivity index (χ0) is 15.1. The van der Waals surface area contributed by atoms with Crippen molar-refractivity contribution in [2.45, 2.75) is 25.7 Å². The third kappa shape index (κ3) is 2.46. The average Bonchev–Trinajstić information content (AvgIpc) is 3.23. The van der Waals surface area contributed by atoms with Gasteiger partial charge in [0.25, 0.3) is 5.91 Å². The molecule has 2 N–H and O–H groups in total. The number of nitrogens with one attached hydrogen (secondary N) is 1. The summed E-state index contributed by atoms with van der Waals surface area (Å²) in [5, 5.41) is 16.1. The highest BCUT2D eigenvalue weighted by Gasteiger charge is 2.28. The summed E-state index contributed by atoms with van der Waals surface area (Å²) in [6, 6.07) is 1.77. The van der Waals surface area contributed by atoms with Gasteiger partial charge in [-0.15, -0.1) is 0 Å². The van der Waals surface area contributed by atoms with Crippen LogP contribution in [-0.2, 0) is 11.8 Å². The highest BCUT2D eigenvalue weighted by Crippen LogP contribution is 2.40. The lowest BCUT2D eigenvalue weighted by Crippen LogP contribution is -2.29. The Morgan fingerprint density at radius 3 is 2.81 bits per heavy atom. The number of carboxylic acid groups (broad SMARTS) is 1. The first kappa shape index (κ1) is 13.5. The summed E-state index contributed by atoms with van der Waals surface area (Å²) < 4.78 is 1.66. The number of amides is 1. The van der Waals surface area contributed by atoms with E-state index in [0.717, 1.165) is 18.5 Å². The summed E-state index contributed by atoms with van der Waals surface area (Å²) >= 11 is 0. The lowest BCUT2D eigenvalue weighted by atomic mass is 10.1. The third-order valence-electron chi connectivity index (χ3n) is 3.63. The van der Waals surface area contributed by atoms with E-state index < -0.39 is 18.4 Å². The monoisotopic (exact) mass is 288 g/mol. The molecule has 1 amide bonds. The predicted octanol–water partition coefficient (Wildman–Crippen LogP) is 0.969. The van der Waals surface area contributed by atoms with E-state index in [2.05, 4.69) is 15.4 Å². The summed E-state index contributed by atoms with van der Waals surface area (Å²) in [5.41, 5.74) is 2.71. The Labute approximate surface area is 121 Å². The molecule has 3 rings (SSSR count). The fraction of sp³-hybridized carbons (Fsp3) is 0.429. The number of aliphatic carboxylic acids is 1. The maximum absolute atomic E-state index is 12.3. The van der Waals surface area contributed by atoms with Crippen molar-refractivity contribution >= 4 is 22.9 Å². The van der Waals surface area contributed by atoms with Crippen molar-refractivity contribution in [2.75, 3.05) is 6.54 Å². The van der Waals surface area contributed by atoms with E-state index in [1.807, 2.05) is 6.92 Å². The number of carbonyl (C=O) groups excluding carboxylic acids is 1. The molecule has 0 aromatic carbocycles. The first-order valence-corrected chi connectivity index (χ1v) is 6.81. The molecule has 0 unspecified atom stereocenters. The number of fused-ring (bicyclic) bond motifs is 1. The van der Waals surface area contributed by atoms with Crippen LogP contribution in [0.4, 0.5) is 0 Å². The molecule has 2 aromatic rings. The standard InChI is InChI=1S/C14H16N4O3/c1-7-12-9(14(21)15-6-11(19)20)5-10(8-3-4-8)16-13(12)18(2)17-7/h5,8H,3-4,6H2,1-2H3,(H,15,21)(H,19,20). The average molecular weight is 288 g/mol. The number of carboxylic acids is 1. The Morgan fingerprint density at radius 2 is 2.19 bits per heavy atom. The summed E-state index contributed by atoms with van der Waals surface area (Å²) in [6.07, 6.45) is 2.15. The summed E-state index contributed by atoms with van der Waals surface area (Å²) in [5.74, 6) is -1.07. The SMILES string of the molecule is Cc1nn(C)c2nc(C3CC3)cc(C(=O)NCC(=O)O)c12. The summed E-state index contributed by atoms with van der Waals surface area (Å²) in [7, 11) is 1.79. The minimum Gasteiger partial charge on any atom is -0.480 e. The molecule has 1 saturated carbocycles. The molecule has 110 valence electrons. The first-order valence-electron chi connectivity index (χ1n) is 6.81. The van der Waals surface area contributed by atoms with Crippen LogP contribution in [-0.4, -0.2) is 38.3 Å². The quantitative estimate of drug-likeness (QED) is 0.873. The van der Waals surface area contributed by atoms with Gasteiger partial charge in [0.2, 0.25) is 0 Å². The predicted molar refractivity (Wildman–Crippen MR) is 75.2 cm³/mol. The molecule has 1 aliphatic carbocycles. The zero-order valence-electron chi connectivity index (χ0n) is 11.9. The van der Waals surface area contributed by atoms with Crippen LogP contribution in [0.2, 0.25) is 0 Å². The molecule has 0 saturated heterocycles. The molecule has 21 heavy (non-hydrogen) atoms. The lowest BCUT2D eigenvalue weighted by molar-refractivity contribution is -0.135. The normalized spacial score (nSPS) is 14.4. The molecule has 0 aliphatic heterocycles. The van der Waals surface area contributed by atoms with Crippen LogP contribution in [0, 0.1) is 6.92 Å². The maximum Gasteiger partial charge on any atom is 0.322 e. The van der Waals surface area contributed by atoms with Gasteiger partial charge in [-0.2, -0.15) is 5.10 Å². The maximum atomic E-state index is 12.3. The number of rotatable bonds is 4. The van der Waals surface area contributed by atoms with E-state index >= 15 is 0 Å². The number of aromatic nitrogens is 3. The van der Waals surface area contributed by atoms with Crippen LogP contribution in [0.25, 0.3) is 11.0 Å². The molecule has 2 heterocycles. The fourth-order valence-electron chi connectivity index (χ4n) is 2.48. The minimum absolute atomic E-state index is 0.399. The van der Waals surface area contributed by atoms with Crippen molar-refractivity contribution in [1.82, 2.24) is 20.1 Å². The minimum atomic E-state index is -1.07. The molecule has 7 heteroatoms.